The lowest BCUT2D eigenvalue weighted by Crippen LogP contribution is -2.52. The number of alkyl carbamates (subject to hydrolysis) is 1. The van der Waals surface area contributed by atoms with Crippen LogP contribution in [0.1, 0.15) is 31.4 Å². The number of aromatic hydroxyl groups is 1. The van der Waals surface area contributed by atoms with Crippen LogP contribution in [0.25, 0.3) is 0 Å². The van der Waals surface area contributed by atoms with Crippen molar-refractivity contribution in [1.29, 1.82) is 0 Å². The first-order valence-corrected chi connectivity index (χ1v) is 10.0. The second-order valence-electron chi connectivity index (χ2n) is 7.66. The van der Waals surface area contributed by atoms with Crippen LogP contribution < -0.4 is 10.6 Å². The Labute approximate surface area is 181 Å². The maximum atomic E-state index is 12.8. The number of phenolic OH excluding ortho intramolecular Hbond substituents is 1. The molecule has 2 aromatic rings. The maximum Gasteiger partial charge on any atom is 0.408 e. The molecule has 0 heterocycles. The lowest BCUT2D eigenvalue weighted by atomic mass is 10.0. The van der Waals surface area contributed by atoms with E-state index < -0.39 is 30.1 Å². The third-order valence-corrected chi connectivity index (χ3v) is 4.52. The topological polar surface area (TPSA) is 125 Å². The predicted molar refractivity (Wildman–Crippen MR) is 114 cm³/mol. The van der Waals surface area contributed by atoms with Crippen LogP contribution in [0.5, 0.6) is 5.75 Å². The highest BCUT2D eigenvalue weighted by atomic mass is 16.5. The largest absolute Gasteiger partial charge is 0.508 e. The molecular formula is C23H28N2O6. The SMILES string of the molecule is CC(C)C[C@@H](NC(=O)[C@@H](Cc1ccc(O)cc1)NC(=O)OCc1ccccc1)C(=O)O. The fourth-order valence-corrected chi connectivity index (χ4v) is 2.95. The minimum absolute atomic E-state index is 0.0331. The molecule has 8 heteroatoms. The molecule has 2 aromatic carbocycles. The van der Waals surface area contributed by atoms with Gasteiger partial charge in [0, 0.05) is 6.42 Å². The molecule has 2 atom stereocenters. The second-order valence-corrected chi connectivity index (χ2v) is 7.66. The molecule has 31 heavy (non-hydrogen) atoms. The van der Waals surface area contributed by atoms with E-state index in [4.69, 9.17) is 4.74 Å². The van der Waals surface area contributed by atoms with Crippen molar-refractivity contribution in [1.82, 2.24) is 10.6 Å². The number of benzene rings is 2. The number of carboxylic acid groups (broad SMARTS) is 1. The maximum absolute atomic E-state index is 12.8. The van der Waals surface area contributed by atoms with Crippen LogP contribution in [0.15, 0.2) is 54.6 Å². The van der Waals surface area contributed by atoms with E-state index in [1.807, 2.05) is 32.0 Å². The smallest absolute Gasteiger partial charge is 0.408 e. The third-order valence-electron chi connectivity index (χ3n) is 4.52. The quantitative estimate of drug-likeness (QED) is 0.461. The number of rotatable bonds is 10. The second kappa shape index (κ2) is 11.6. The van der Waals surface area contributed by atoms with E-state index in [-0.39, 0.29) is 31.1 Å². The molecule has 8 nitrogen and oxygen atoms in total. The predicted octanol–water partition coefficient (Wildman–Crippen LogP) is 2.85. The van der Waals surface area contributed by atoms with Gasteiger partial charge in [-0.05, 0) is 35.6 Å². The molecule has 4 N–H and O–H groups in total. The van der Waals surface area contributed by atoms with Crippen LogP contribution >= 0.6 is 0 Å². The van der Waals surface area contributed by atoms with Crippen LogP contribution in [0.2, 0.25) is 0 Å². The van der Waals surface area contributed by atoms with E-state index >= 15 is 0 Å². The van der Waals surface area contributed by atoms with E-state index in [9.17, 15) is 24.6 Å². The monoisotopic (exact) mass is 428 g/mol. The van der Waals surface area contributed by atoms with Crippen molar-refractivity contribution < 1.29 is 29.3 Å². The summed E-state index contributed by atoms with van der Waals surface area (Å²) in [4.78, 5) is 36.6. The van der Waals surface area contributed by atoms with Gasteiger partial charge in [0.1, 0.15) is 24.4 Å². The van der Waals surface area contributed by atoms with Gasteiger partial charge in [0.05, 0.1) is 0 Å². The molecule has 166 valence electrons. The highest BCUT2D eigenvalue weighted by Gasteiger charge is 2.27. The molecule has 0 fully saturated rings. The Morgan fingerprint density at radius 1 is 0.903 bits per heavy atom. The summed E-state index contributed by atoms with van der Waals surface area (Å²) in [5, 5.41) is 23.9. The Bertz CT molecular complexity index is 867. The number of hydrogen-bond acceptors (Lipinski definition) is 5. The van der Waals surface area contributed by atoms with E-state index in [0.717, 1.165) is 5.56 Å². The third kappa shape index (κ3) is 8.38. The Morgan fingerprint density at radius 3 is 2.13 bits per heavy atom. The van der Waals surface area contributed by atoms with Crippen LogP contribution in [-0.2, 0) is 27.4 Å². The van der Waals surface area contributed by atoms with Crippen LogP contribution in [-0.4, -0.2) is 40.3 Å². The number of ether oxygens (including phenoxy) is 1. The van der Waals surface area contributed by atoms with Crippen molar-refractivity contribution >= 4 is 18.0 Å². The zero-order chi connectivity index (χ0) is 22.8. The van der Waals surface area contributed by atoms with Crippen LogP contribution in [0.3, 0.4) is 0 Å². The summed E-state index contributed by atoms with van der Waals surface area (Å²) in [6, 6.07) is 13.1. The van der Waals surface area contributed by atoms with Crippen molar-refractivity contribution in [3.05, 3.63) is 65.7 Å². The molecule has 0 aromatic heterocycles. The molecule has 0 aliphatic rings. The number of nitrogens with one attached hydrogen (secondary N) is 2. The summed E-state index contributed by atoms with van der Waals surface area (Å²) in [6.07, 6.45) is -0.440. The minimum atomic E-state index is -1.14. The molecule has 0 saturated carbocycles. The first kappa shape index (κ1) is 23.7. The minimum Gasteiger partial charge on any atom is -0.508 e. The fourth-order valence-electron chi connectivity index (χ4n) is 2.95. The highest BCUT2D eigenvalue weighted by Crippen LogP contribution is 2.12. The van der Waals surface area contributed by atoms with E-state index in [1.165, 1.54) is 12.1 Å². The normalized spacial score (nSPS) is 12.6. The number of aliphatic carboxylic acids is 1. The van der Waals surface area contributed by atoms with Crippen LogP contribution in [0, 0.1) is 5.92 Å². The number of phenols is 1. The van der Waals surface area contributed by atoms with Gasteiger partial charge in [0.25, 0.3) is 0 Å². The van der Waals surface area contributed by atoms with Crippen molar-refractivity contribution in [3.63, 3.8) is 0 Å². The van der Waals surface area contributed by atoms with Gasteiger partial charge < -0.3 is 25.6 Å². The number of amides is 2. The Morgan fingerprint density at radius 2 is 1.55 bits per heavy atom. The first-order chi connectivity index (χ1) is 14.7. The van der Waals surface area contributed by atoms with Gasteiger partial charge >= 0.3 is 12.1 Å². The molecule has 0 saturated heterocycles. The van der Waals surface area contributed by atoms with Crippen LogP contribution in [0.4, 0.5) is 4.79 Å². The van der Waals surface area contributed by atoms with Gasteiger partial charge in [-0.25, -0.2) is 9.59 Å². The highest BCUT2D eigenvalue weighted by molar-refractivity contribution is 5.89. The number of carbonyl (C=O) groups excluding carboxylic acids is 2. The van der Waals surface area contributed by atoms with Crippen molar-refractivity contribution in [2.75, 3.05) is 0 Å². The summed E-state index contributed by atoms with van der Waals surface area (Å²) < 4.78 is 5.20. The number of carboxylic acids is 1. The Balaban J connectivity index is 2.08. The van der Waals surface area contributed by atoms with E-state index in [0.29, 0.717) is 5.56 Å². The van der Waals surface area contributed by atoms with Crippen molar-refractivity contribution in [2.24, 2.45) is 5.92 Å². The standard InChI is InChI=1S/C23H28N2O6/c1-15(2)12-20(22(28)29)24-21(27)19(13-16-8-10-18(26)11-9-16)25-23(30)31-14-17-6-4-3-5-7-17/h3-11,15,19-20,26H,12-14H2,1-2H3,(H,24,27)(H,25,30)(H,28,29)/t19-,20-/m1/s1. The summed E-state index contributed by atoms with van der Waals surface area (Å²) >= 11 is 0. The zero-order valence-electron chi connectivity index (χ0n) is 17.6. The van der Waals surface area contributed by atoms with E-state index in [2.05, 4.69) is 10.6 Å². The molecule has 0 aliphatic carbocycles. The van der Waals surface area contributed by atoms with Gasteiger partial charge in [-0.1, -0.05) is 56.3 Å². The lowest BCUT2D eigenvalue weighted by molar-refractivity contribution is -0.142. The molecule has 2 amide bonds. The van der Waals surface area contributed by atoms with Crippen molar-refractivity contribution in [3.8, 4) is 5.75 Å². The van der Waals surface area contributed by atoms with Gasteiger partial charge in [-0.3, -0.25) is 4.79 Å². The molecule has 0 unspecified atom stereocenters. The summed E-state index contributed by atoms with van der Waals surface area (Å²) in [5.41, 5.74) is 1.47. The van der Waals surface area contributed by atoms with Gasteiger partial charge in [0.2, 0.25) is 5.91 Å². The molecule has 0 bridgehead atoms. The van der Waals surface area contributed by atoms with E-state index in [1.54, 1.807) is 24.3 Å². The van der Waals surface area contributed by atoms with Gasteiger partial charge in [-0.2, -0.15) is 0 Å². The molecule has 0 aliphatic heterocycles. The number of hydrogen-bond donors (Lipinski definition) is 4. The average molecular weight is 428 g/mol. The van der Waals surface area contributed by atoms with Gasteiger partial charge in [0.15, 0.2) is 0 Å². The fraction of sp³-hybridized carbons (Fsp3) is 0.348. The first-order valence-electron chi connectivity index (χ1n) is 10.0. The Kier molecular flexibility index (Phi) is 8.87. The molecule has 2 rings (SSSR count). The average Bonchev–Trinajstić information content (AvgIpc) is 2.73. The molecule has 0 radical (unpaired) electrons. The Hall–Kier alpha value is -3.55. The summed E-state index contributed by atoms with van der Waals surface area (Å²) in [6.45, 7) is 3.75. The molecule has 0 spiro atoms. The summed E-state index contributed by atoms with van der Waals surface area (Å²) in [7, 11) is 0. The zero-order valence-corrected chi connectivity index (χ0v) is 17.6. The van der Waals surface area contributed by atoms with Gasteiger partial charge in [-0.15, -0.1) is 0 Å². The summed E-state index contributed by atoms with van der Waals surface area (Å²) in [5.74, 6) is -1.64. The lowest BCUT2D eigenvalue weighted by Gasteiger charge is -2.22. The number of carbonyl (C=O) groups is 3. The molecular weight excluding hydrogens is 400 g/mol. The van der Waals surface area contributed by atoms with Crippen molar-refractivity contribution in [2.45, 2.75) is 45.4 Å².